The van der Waals surface area contributed by atoms with E-state index in [2.05, 4.69) is 98.6 Å². The van der Waals surface area contributed by atoms with E-state index in [4.69, 9.17) is 0 Å². The van der Waals surface area contributed by atoms with Crippen molar-refractivity contribution in [2.24, 2.45) is 0 Å². The lowest BCUT2D eigenvalue weighted by Gasteiger charge is -2.12. The van der Waals surface area contributed by atoms with E-state index < -0.39 is 0 Å². The molecule has 0 radical (unpaired) electrons. The van der Waals surface area contributed by atoms with E-state index in [1.54, 1.807) is 0 Å². The molecule has 3 aromatic carbocycles. The monoisotopic (exact) mass is 400 g/mol. The first-order chi connectivity index (χ1) is 10.2. The van der Waals surface area contributed by atoms with E-state index in [0.717, 1.165) is 4.47 Å². The average Bonchev–Trinajstić information content (AvgIpc) is 2.55. The maximum atomic E-state index is 3.79. The normalized spacial score (nSPS) is 12.1. The maximum absolute atomic E-state index is 3.79. The molecule has 0 bridgehead atoms. The van der Waals surface area contributed by atoms with Crippen LogP contribution in [-0.2, 0) is 0 Å². The van der Waals surface area contributed by atoms with Gasteiger partial charge in [-0.1, -0.05) is 98.6 Å². The molecule has 21 heavy (non-hydrogen) atoms. The maximum Gasteiger partial charge on any atom is 0.0645 e. The van der Waals surface area contributed by atoms with Crippen LogP contribution in [0.5, 0.6) is 0 Å². The first-order valence-corrected chi connectivity index (χ1v) is 8.50. The second-order valence-electron chi connectivity index (χ2n) is 4.91. The van der Waals surface area contributed by atoms with Crippen LogP contribution in [0.4, 0.5) is 0 Å². The molecular weight excluding hydrogens is 388 g/mol. The van der Waals surface area contributed by atoms with Crippen molar-refractivity contribution in [1.29, 1.82) is 0 Å². The van der Waals surface area contributed by atoms with Crippen molar-refractivity contribution in [2.75, 3.05) is 0 Å². The van der Waals surface area contributed by atoms with Crippen LogP contribution in [0, 0.1) is 0 Å². The minimum absolute atomic E-state index is 0.208. The molecule has 0 saturated heterocycles. The summed E-state index contributed by atoms with van der Waals surface area (Å²) in [6.07, 6.45) is 0. The molecule has 1 unspecified atom stereocenters. The third-order valence-electron chi connectivity index (χ3n) is 3.45. The molecule has 0 nitrogen and oxygen atoms in total. The fraction of sp³-hybridized carbons (Fsp3) is 0.0526. The molecule has 2 heteroatoms. The Hall–Kier alpha value is -1.38. The van der Waals surface area contributed by atoms with Gasteiger partial charge in [0.15, 0.2) is 0 Å². The summed E-state index contributed by atoms with van der Waals surface area (Å²) >= 11 is 7.31. The van der Waals surface area contributed by atoms with Crippen LogP contribution < -0.4 is 0 Å². The van der Waals surface area contributed by atoms with Crippen molar-refractivity contribution in [3.8, 4) is 11.1 Å². The molecule has 0 aromatic heterocycles. The quantitative estimate of drug-likeness (QED) is 0.433. The summed E-state index contributed by atoms with van der Waals surface area (Å²) < 4.78 is 1.10. The van der Waals surface area contributed by atoms with Gasteiger partial charge in [0, 0.05) is 4.47 Å². The lowest BCUT2D eigenvalue weighted by atomic mass is 10.0. The fourth-order valence-electron chi connectivity index (χ4n) is 2.33. The Bertz CT molecular complexity index is 718. The van der Waals surface area contributed by atoms with E-state index in [1.807, 2.05) is 12.1 Å². The molecule has 0 spiro atoms. The number of benzene rings is 3. The smallest absolute Gasteiger partial charge is 0.0645 e. The van der Waals surface area contributed by atoms with Crippen LogP contribution in [0.1, 0.15) is 16.0 Å². The van der Waals surface area contributed by atoms with Crippen LogP contribution in [0.15, 0.2) is 83.3 Å². The van der Waals surface area contributed by atoms with Crippen molar-refractivity contribution in [1.82, 2.24) is 0 Å². The van der Waals surface area contributed by atoms with E-state index in [0.29, 0.717) is 0 Å². The van der Waals surface area contributed by atoms with Crippen molar-refractivity contribution in [3.63, 3.8) is 0 Å². The van der Waals surface area contributed by atoms with Crippen molar-refractivity contribution >= 4 is 31.9 Å². The van der Waals surface area contributed by atoms with Crippen molar-refractivity contribution in [3.05, 3.63) is 94.5 Å². The van der Waals surface area contributed by atoms with Crippen LogP contribution in [-0.4, -0.2) is 0 Å². The molecule has 0 aliphatic carbocycles. The topological polar surface area (TPSA) is 0 Å². The zero-order valence-electron chi connectivity index (χ0n) is 11.3. The summed E-state index contributed by atoms with van der Waals surface area (Å²) in [5.41, 5.74) is 5.00. The largest absolute Gasteiger partial charge is 0.0786 e. The number of hydrogen-bond donors (Lipinski definition) is 0. The van der Waals surface area contributed by atoms with Gasteiger partial charge < -0.3 is 0 Å². The summed E-state index contributed by atoms with van der Waals surface area (Å²) in [6.45, 7) is 0. The highest BCUT2D eigenvalue weighted by molar-refractivity contribution is 9.10. The Balaban J connectivity index is 1.87. The fourth-order valence-corrected chi connectivity index (χ4v) is 3.34. The van der Waals surface area contributed by atoms with Gasteiger partial charge in [-0.25, -0.2) is 0 Å². The Morgan fingerprint density at radius 1 is 0.619 bits per heavy atom. The molecule has 0 aliphatic heterocycles. The van der Waals surface area contributed by atoms with Gasteiger partial charge in [-0.3, -0.25) is 0 Å². The van der Waals surface area contributed by atoms with Crippen LogP contribution in [0.2, 0.25) is 0 Å². The number of hydrogen-bond acceptors (Lipinski definition) is 0. The Kier molecular flexibility index (Phi) is 4.57. The molecule has 0 heterocycles. The summed E-state index contributed by atoms with van der Waals surface area (Å²) in [7, 11) is 0. The second-order valence-corrected chi connectivity index (χ2v) is 6.74. The molecule has 0 fully saturated rings. The minimum Gasteiger partial charge on any atom is -0.0786 e. The lowest BCUT2D eigenvalue weighted by molar-refractivity contribution is 1.17. The van der Waals surface area contributed by atoms with Gasteiger partial charge in [0.05, 0.1) is 4.83 Å². The third kappa shape index (κ3) is 3.45. The van der Waals surface area contributed by atoms with Crippen LogP contribution in [0.3, 0.4) is 0 Å². The molecule has 0 N–H and O–H groups in total. The first kappa shape index (κ1) is 14.6. The molecule has 0 aliphatic rings. The standard InChI is InChI=1S/C19H14Br2/c20-18-8-4-7-17(13-18)19(21)16-11-9-15(10-12-16)14-5-2-1-3-6-14/h1-13,19H. The second kappa shape index (κ2) is 6.59. The van der Waals surface area contributed by atoms with Crippen LogP contribution >= 0.6 is 31.9 Å². The summed E-state index contributed by atoms with van der Waals surface area (Å²) in [5.74, 6) is 0. The third-order valence-corrected chi connectivity index (χ3v) is 5.00. The summed E-state index contributed by atoms with van der Waals surface area (Å²) in [5, 5.41) is 0. The predicted octanol–water partition coefficient (Wildman–Crippen LogP) is 6.60. The molecule has 0 saturated carbocycles. The highest BCUT2D eigenvalue weighted by Crippen LogP contribution is 2.33. The van der Waals surface area contributed by atoms with Gasteiger partial charge in [-0.15, -0.1) is 0 Å². The Labute approximate surface area is 142 Å². The van der Waals surface area contributed by atoms with E-state index in [1.165, 1.54) is 22.3 Å². The molecular formula is C19H14Br2. The van der Waals surface area contributed by atoms with Gasteiger partial charge in [-0.05, 0) is 34.4 Å². The average molecular weight is 402 g/mol. The van der Waals surface area contributed by atoms with E-state index in [-0.39, 0.29) is 4.83 Å². The van der Waals surface area contributed by atoms with Crippen molar-refractivity contribution < 1.29 is 0 Å². The molecule has 3 rings (SSSR count). The zero-order valence-corrected chi connectivity index (χ0v) is 14.5. The van der Waals surface area contributed by atoms with Gasteiger partial charge >= 0.3 is 0 Å². The number of rotatable bonds is 3. The summed E-state index contributed by atoms with van der Waals surface area (Å²) in [6, 6.07) is 27.5. The highest BCUT2D eigenvalue weighted by atomic mass is 79.9. The molecule has 104 valence electrons. The zero-order chi connectivity index (χ0) is 14.7. The highest BCUT2D eigenvalue weighted by Gasteiger charge is 2.10. The number of halogens is 2. The van der Waals surface area contributed by atoms with E-state index in [9.17, 15) is 0 Å². The Morgan fingerprint density at radius 2 is 1.29 bits per heavy atom. The lowest BCUT2D eigenvalue weighted by Crippen LogP contribution is -1.92. The predicted molar refractivity (Wildman–Crippen MR) is 96.8 cm³/mol. The summed E-state index contributed by atoms with van der Waals surface area (Å²) in [4.78, 5) is 0.208. The Morgan fingerprint density at radius 3 is 1.95 bits per heavy atom. The van der Waals surface area contributed by atoms with Crippen LogP contribution in [0.25, 0.3) is 11.1 Å². The molecule has 3 aromatic rings. The van der Waals surface area contributed by atoms with Gasteiger partial charge in [0.25, 0.3) is 0 Å². The SMILES string of the molecule is Brc1cccc(C(Br)c2ccc(-c3ccccc3)cc2)c1. The van der Waals surface area contributed by atoms with Gasteiger partial charge in [0.1, 0.15) is 0 Å². The van der Waals surface area contributed by atoms with Gasteiger partial charge in [-0.2, -0.15) is 0 Å². The van der Waals surface area contributed by atoms with Crippen molar-refractivity contribution in [2.45, 2.75) is 4.83 Å². The van der Waals surface area contributed by atoms with Gasteiger partial charge in [0.2, 0.25) is 0 Å². The molecule has 1 atom stereocenters. The minimum atomic E-state index is 0.208. The first-order valence-electron chi connectivity index (χ1n) is 6.79. The van der Waals surface area contributed by atoms with E-state index >= 15 is 0 Å². The number of alkyl halides is 1. The molecule has 0 amide bonds.